The molecule has 3 rings (SSSR count). The molecule has 2 aromatic rings. The van der Waals surface area contributed by atoms with Gasteiger partial charge in [0.25, 0.3) is 0 Å². The summed E-state index contributed by atoms with van der Waals surface area (Å²) in [7, 11) is 0. The fourth-order valence-corrected chi connectivity index (χ4v) is 2.10. The lowest BCUT2D eigenvalue weighted by Crippen LogP contribution is -2.35. The van der Waals surface area contributed by atoms with E-state index in [1.54, 1.807) is 12.4 Å². The fraction of sp³-hybridized carbons (Fsp3) is 0.312. The zero-order valence-electron chi connectivity index (χ0n) is 11.6. The van der Waals surface area contributed by atoms with Gasteiger partial charge in [0.2, 0.25) is 5.79 Å². The normalized spacial score (nSPS) is 16.1. The summed E-state index contributed by atoms with van der Waals surface area (Å²) in [6.45, 7) is 4.78. The van der Waals surface area contributed by atoms with Gasteiger partial charge in [-0.2, -0.15) is 0 Å². The van der Waals surface area contributed by atoms with Crippen molar-refractivity contribution in [3.05, 3.63) is 53.9 Å². The molecule has 0 bridgehead atoms. The molecule has 1 aromatic heterocycles. The molecular formula is C16H17NO3. The zero-order chi connectivity index (χ0) is 14.0. The molecule has 1 aliphatic heterocycles. The quantitative estimate of drug-likeness (QED) is 0.858. The molecule has 20 heavy (non-hydrogen) atoms. The molecule has 0 amide bonds. The van der Waals surface area contributed by atoms with Crippen molar-refractivity contribution in [2.75, 3.05) is 0 Å². The van der Waals surface area contributed by atoms with Crippen LogP contribution in [0.4, 0.5) is 0 Å². The van der Waals surface area contributed by atoms with Crippen LogP contribution < -0.4 is 9.47 Å². The van der Waals surface area contributed by atoms with Crippen molar-refractivity contribution in [3.63, 3.8) is 0 Å². The van der Waals surface area contributed by atoms with Gasteiger partial charge < -0.3 is 14.2 Å². The summed E-state index contributed by atoms with van der Waals surface area (Å²) in [5.41, 5.74) is 1.98. The van der Waals surface area contributed by atoms with Gasteiger partial charge in [-0.15, -0.1) is 0 Å². The second-order valence-corrected chi connectivity index (χ2v) is 5.17. The molecule has 0 N–H and O–H groups in total. The van der Waals surface area contributed by atoms with Crippen LogP contribution in [0.25, 0.3) is 0 Å². The Labute approximate surface area is 118 Å². The standard InChI is InChI=1S/C16H17NO3/c1-16(2)19-11-13-14(6-3-7-15(13)20-16)18-10-12-5-4-8-17-9-12/h3-9H,10-11H2,1-2H3. The lowest BCUT2D eigenvalue weighted by atomic mass is 10.1. The first-order valence-electron chi connectivity index (χ1n) is 6.61. The minimum atomic E-state index is -0.588. The van der Waals surface area contributed by atoms with E-state index in [1.165, 1.54) is 0 Å². The van der Waals surface area contributed by atoms with E-state index in [0.29, 0.717) is 13.2 Å². The van der Waals surface area contributed by atoms with Gasteiger partial charge in [-0.3, -0.25) is 4.98 Å². The van der Waals surface area contributed by atoms with Gasteiger partial charge in [0, 0.05) is 31.8 Å². The summed E-state index contributed by atoms with van der Waals surface area (Å²) in [6, 6.07) is 9.68. The van der Waals surface area contributed by atoms with Crippen molar-refractivity contribution in [3.8, 4) is 11.5 Å². The fourth-order valence-electron chi connectivity index (χ4n) is 2.10. The van der Waals surface area contributed by atoms with E-state index in [0.717, 1.165) is 22.6 Å². The summed E-state index contributed by atoms with van der Waals surface area (Å²) in [5.74, 6) is 1.03. The third kappa shape index (κ3) is 2.75. The van der Waals surface area contributed by atoms with Gasteiger partial charge in [-0.1, -0.05) is 12.1 Å². The molecule has 0 saturated carbocycles. The number of rotatable bonds is 3. The summed E-state index contributed by atoms with van der Waals surface area (Å²) in [4.78, 5) is 4.07. The second kappa shape index (κ2) is 5.13. The van der Waals surface area contributed by atoms with Crippen LogP contribution in [0.15, 0.2) is 42.7 Å². The number of fused-ring (bicyclic) bond motifs is 1. The molecule has 0 saturated heterocycles. The van der Waals surface area contributed by atoms with Crippen LogP contribution in [0.2, 0.25) is 0 Å². The van der Waals surface area contributed by atoms with Crippen molar-refractivity contribution in [2.45, 2.75) is 32.8 Å². The molecule has 2 heterocycles. The van der Waals surface area contributed by atoms with Crippen molar-refractivity contribution < 1.29 is 14.2 Å². The van der Waals surface area contributed by atoms with E-state index in [4.69, 9.17) is 14.2 Å². The molecule has 0 fully saturated rings. The predicted octanol–water partition coefficient (Wildman–Crippen LogP) is 3.31. The van der Waals surface area contributed by atoms with E-state index in [2.05, 4.69) is 4.98 Å². The van der Waals surface area contributed by atoms with Gasteiger partial charge in [0.15, 0.2) is 0 Å². The molecule has 1 aliphatic rings. The van der Waals surface area contributed by atoms with Crippen molar-refractivity contribution in [1.29, 1.82) is 0 Å². The van der Waals surface area contributed by atoms with Crippen molar-refractivity contribution >= 4 is 0 Å². The summed E-state index contributed by atoms with van der Waals surface area (Å²) >= 11 is 0. The smallest absolute Gasteiger partial charge is 0.205 e. The van der Waals surface area contributed by atoms with Gasteiger partial charge in [0.05, 0.1) is 12.2 Å². The average Bonchev–Trinajstić information content (AvgIpc) is 2.45. The van der Waals surface area contributed by atoms with Crippen LogP contribution >= 0.6 is 0 Å². The van der Waals surface area contributed by atoms with Crippen LogP contribution in [-0.2, 0) is 18.0 Å². The summed E-state index contributed by atoms with van der Waals surface area (Å²) in [6.07, 6.45) is 3.54. The molecule has 4 heteroatoms. The molecule has 0 unspecified atom stereocenters. The largest absolute Gasteiger partial charge is 0.488 e. The number of pyridine rings is 1. The Morgan fingerprint density at radius 1 is 1.25 bits per heavy atom. The van der Waals surface area contributed by atoms with Crippen LogP contribution in [0.1, 0.15) is 25.0 Å². The van der Waals surface area contributed by atoms with E-state index >= 15 is 0 Å². The lowest BCUT2D eigenvalue weighted by Gasteiger charge is -2.33. The van der Waals surface area contributed by atoms with Crippen LogP contribution in [0, 0.1) is 0 Å². The average molecular weight is 271 g/mol. The first kappa shape index (κ1) is 12.9. The monoisotopic (exact) mass is 271 g/mol. The number of ether oxygens (including phenoxy) is 3. The highest BCUT2D eigenvalue weighted by Gasteiger charge is 2.29. The SMILES string of the molecule is CC1(C)OCc2c(OCc3cccnc3)cccc2O1. The molecule has 1 aromatic carbocycles. The predicted molar refractivity (Wildman–Crippen MR) is 74.5 cm³/mol. The van der Waals surface area contributed by atoms with E-state index in [-0.39, 0.29) is 0 Å². The topological polar surface area (TPSA) is 40.6 Å². The van der Waals surface area contributed by atoms with E-state index in [9.17, 15) is 0 Å². The maximum Gasteiger partial charge on any atom is 0.205 e. The van der Waals surface area contributed by atoms with E-state index < -0.39 is 5.79 Å². The van der Waals surface area contributed by atoms with Gasteiger partial charge in [-0.25, -0.2) is 0 Å². The molecule has 0 spiro atoms. The number of hydrogen-bond donors (Lipinski definition) is 0. The molecular weight excluding hydrogens is 254 g/mol. The minimum Gasteiger partial charge on any atom is -0.488 e. The van der Waals surface area contributed by atoms with Crippen LogP contribution in [0.5, 0.6) is 11.5 Å². The molecule has 0 aliphatic carbocycles. The van der Waals surface area contributed by atoms with Gasteiger partial charge in [0.1, 0.15) is 18.1 Å². The molecule has 0 atom stereocenters. The second-order valence-electron chi connectivity index (χ2n) is 5.17. The Morgan fingerprint density at radius 2 is 2.15 bits per heavy atom. The Hall–Kier alpha value is -2.07. The van der Waals surface area contributed by atoms with Gasteiger partial charge >= 0.3 is 0 Å². The maximum absolute atomic E-state index is 5.86. The highest BCUT2D eigenvalue weighted by molar-refractivity contribution is 5.45. The van der Waals surface area contributed by atoms with Crippen LogP contribution in [0.3, 0.4) is 0 Å². The van der Waals surface area contributed by atoms with Crippen molar-refractivity contribution in [1.82, 2.24) is 4.98 Å². The highest BCUT2D eigenvalue weighted by atomic mass is 16.7. The first-order chi connectivity index (χ1) is 9.64. The Bertz CT molecular complexity index is 596. The van der Waals surface area contributed by atoms with Gasteiger partial charge in [-0.05, 0) is 18.2 Å². The Kier molecular flexibility index (Phi) is 3.32. The number of aromatic nitrogens is 1. The minimum absolute atomic E-state index is 0.480. The number of hydrogen-bond acceptors (Lipinski definition) is 4. The Morgan fingerprint density at radius 3 is 2.95 bits per heavy atom. The summed E-state index contributed by atoms with van der Waals surface area (Å²) in [5, 5.41) is 0. The third-order valence-corrected chi connectivity index (χ3v) is 3.13. The summed E-state index contributed by atoms with van der Waals surface area (Å²) < 4.78 is 17.3. The number of nitrogens with zero attached hydrogens (tertiary/aromatic N) is 1. The Balaban J connectivity index is 1.78. The number of benzene rings is 1. The lowest BCUT2D eigenvalue weighted by molar-refractivity contribution is -0.180. The first-order valence-corrected chi connectivity index (χ1v) is 6.61. The third-order valence-electron chi connectivity index (χ3n) is 3.13. The molecule has 104 valence electrons. The maximum atomic E-state index is 5.86. The van der Waals surface area contributed by atoms with Crippen LogP contribution in [-0.4, -0.2) is 10.8 Å². The molecule has 0 radical (unpaired) electrons. The highest BCUT2D eigenvalue weighted by Crippen LogP contribution is 2.36. The zero-order valence-corrected chi connectivity index (χ0v) is 11.6. The van der Waals surface area contributed by atoms with Crippen molar-refractivity contribution in [2.24, 2.45) is 0 Å². The molecule has 4 nitrogen and oxygen atoms in total. The van der Waals surface area contributed by atoms with E-state index in [1.807, 2.05) is 44.2 Å².